The number of furan rings is 1. The first-order valence-electron chi connectivity index (χ1n) is 14.3. The summed E-state index contributed by atoms with van der Waals surface area (Å²) in [6, 6.07) is 9.46. The van der Waals surface area contributed by atoms with E-state index in [9.17, 15) is 4.79 Å². The summed E-state index contributed by atoms with van der Waals surface area (Å²) in [7, 11) is 3.23. The molecule has 0 aliphatic carbocycles. The molecule has 6 rings (SSSR count). The number of carbonyl (C=O) groups excluding carboxylic acids is 1. The summed E-state index contributed by atoms with van der Waals surface area (Å²) < 4.78 is 30.4. The quantitative estimate of drug-likeness (QED) is 0.289. The summed E-state index contributed by atoms with van der Waals surface area (Å²) in [5.74, 6) is 4.17. The van der Waals surface area contributed by atoms with Crippen LogP contribution < -0.4 is 19.7 Å². The third-order valence-electron chi connectivity index (χ3n) is 7.32. The summed E-state index contributed by atoms with van der Waals surface area (Å²) in [5, 5.41) is 7.92. The van der Waals surface area contributed by atoms with Crippen molar-refractivity contribution in [1.29, 1.82) is 0 Å². The zero-order valence-corrected chi connectivity index (χ0v) is 25.0. The van der Waals surface area contributed by atoms with Gasteiger partial charge in [-0.15, -0.1) is 5.10 Å². The van der Waals surface area contributed by atoms with E-state index in [2.05, 4.69) is 25.3 Å². The first kappa shape index (κ1) is 28.4. The number of anilines is 2. The number of pyridine rings is 1. The van der Waals surface area contributed by atoms with Crippen molar-refractivity contribution >= 4 is 34.5 Å². The maximum absolute atomic E-state index is 12.1. The van der Waals surface area contributed by atoms with Crippen molar-refractivity contribution in [1.82, 2.24) is 14.6 Å². The highest BCUT2D eigenvalue weighted by Gasteiger charge is 2.24. The molecule has 5 heterocycles. The van der Waals surface area contributed by atoms with E-state index in [1.807, 2.05) is 51.2 Å². The number of hydrogen-bond acceptors (Lipinski definition) is 10. The Morgan fingerprint density at radius 2 is 2.02 bits per heavy atom. The minimum atomic E-state index is -0.573. The molecule has 3 aromatic heterocycles. The number of rotatable bonds is 7. The zero-order chi connectivity index (χ0) is 30.1. The van der Waals surface area contributed by atoms with Crippen LogP contribution in [0.3, 0.4) is 0 Å². The number of benzene rings is 1. The average Bonchev–Trinajstić information content (AvgIpc) is 3.68. The van der Waals surface area contributed by atoms with Gasteiger partial charge in [-0.1, -0.05) is 0 Å². The average molecular weight is 589 g/mol. The lowest BCUT2D eigenvalue weighted by Crippen LogP contribution is -2.37. The molecule has 12 heteroatoms. The van der Waals surface area contributed by atoms with E-state index in [0.29, 0.717) is 59.2 Å². The molecule has 0 saturated carbocycles. The summed E-state index contributed by atoms with van der Waals surface area (Å²) in [6.07, 6.45) is 5.72. The predicted octanol–water partition coefficient (Wildman–Crippen LogP) is 5.71. The molecule has 1 aromatic carbocycles. The Morgan fingerprint density at radius 1 is 1.16 bits per heavy atom. The van der Waals surface area contributed by atoms with Gasteiger partial charge in [0.15, 0.2) is 5.76 Å². The highest BCUT2D eigenvalue weighted by atomic mass is 16.6. The topological polar surface area (TPSA) is 125 Å². The number of carbonyl (C=O) groups is 1. The maximum Gasteiger partial charge on any atom is 0.413 e. The minimum absolute atomic E-state index is 0.310. The molecule has 2 aliphatic rings. The number of piperidine rings is 1. The van der Waals surface area contributed by atoms with E-state index < -0.39 is 11.7 Å². The number of ether oxygens (including phenoxy) is 4. The number of nitrogens with one attached hydrogen (secondary N) is 1. The van der Waals surface area contributed by atoms with Crippen LogP contribution in [-0.2, 0) is 15.9 Å². The summed E-state index contributed by atoms with van der Waals surface area (Å²) in [4.78, 5) is 23.5. The molecule has 43 heavy (non-hydrogen) atoms. The summed E-state index contributed by atoms with van der Waals surface area (Å²) in [5.41, 5.74) is 1.78. The molecule has 1 amide bonds. The lowest BCUT2D eigenvalue weighted by Gasteiger charge is -2.34. The molecule has 4 aromatic rings. The third kappa shape index (κ3) is 6.37. The van der Waals surface area contributed by atoms with Crippen molar-refractivity contribution in [3.8, 4) is 23.0 Å². The van der Waals surface area contributed by atoms with Crippen molar-refractivity contribution in [2.75, 3.05) is 44.1 Å². The number of amides is 1. The first-order chi connectivity index (χ1) is 20.7. The van der Waals surface area contributed by atoms with Gasteiger partial charge in [-0.05, 0) is 51.8 Å². The van der Waals surface area contributed by atoms with Gasteiger partial charge in [0.25, 0.3) is 0 Å². The first-order valence-corrected chi connectivity index (χ1v) is 14.3. The number of fused-ring (bicyclic) bond motifs is 2. The number of nitrogens with zero attached hydrogens (tertiary/aromatic N) is 5. The van der Waals surface area contributed by atoms with Crippen molar-refractivity contribution in [3.63, 3.8) is 0 Å². The van der Waals surface area contributed by atoms with Crippen molar-refractivity contribution in [2.45, 2.75) is 45.6 Å². The second-order valence-corrected chi connectivity index (χ2v) is 11.7. The molecule has 0 bridgehead atoms. The Morgan fingerprint density at radius 3 is 2.74 bits per heavy atom. The van der Waals surface area contributed by atoms with Crippen LogP contribution in [0.4, 0.5) is 16.3 Å². The Labute approximate surface area is 249 Å². The smallest absolute Gasteiger partial charge is 0.413 e. The van der Waals surface area contributed by atoms with E-state index in [1.54, 1.807) is 31.2 Å². The predicted molar refractivity (Wildman–Crippen MR) is 162 cm³/mol. The fraction of sp³-hybridized carbons (Fsp3) is 0.419. The van der Waals surface area contributed by atoms with Gasteiger partial charge in [-0.2, -0.15) is 0 Å². The number of imidazole rings is 1. The van der Waals surface area contributed by atoms with Gasteiger partial charge in [0.1, 0.15) is 40.0 Å². The number of aromatic nitrogens is 3. The van der Waals surface area contributed by atoms with Crippen LogP contribution >= 0.6 is 0 Å². The summed E-state index contributed by atoms with van der Waals surface area (Å²) in [6.45, 7) is 7.76. The molecule has 1 N–H and O–H groups in total. The highest BCUT2D eigenvalue weighted by Crippen LogP contribution is 2.37. The van der Waals surface area contributed by atoms with Gasteiger partial charge in [-0.25, -0.2) is 19.4 Å². The fourth-order valence-corrected chi connectivity index (χ4v) is 5.28. The van der Waals surface area contributed by atoms with E-state index in [4.69, 9.17) is 23.4 Å². The normalized spacial score (nSPS) is 16.5. The Balaban J connectivity index is 1.12. The van der Waals surface area contributed by atoms with Crippen molar-refractivity contribution in [3.05, 3.63) is 48.5 Å². The van der Waals surface area contributed by atoms with Gasteiger partial charge in [0.2, 0.25) is 5.90 Å². The molecule has 1 saturated heterocycles. The SMILES string of the molecule is COC1=Nn2cc(-c3cc4c(OCC5CCCN(c6ccc(NC(=O)OC(C)(C)C)nc6)C5)cc(OC)cc4o3)nc2C1. The van der Waals surface area contributed by atoms with E-state index in [-0.39, 0.29) is 0 Å². The standard InChI is InChI=1S/C31H36N6O6/c1-31(2,3)43-30(38)34-27-9-8-20(15-32-27)36-10-6-7-19(16-36)18-41-24-11-21(39-4)12-25-22(24)13-26(42-25)23-17-37-28(33-23)14-29(35-37)40-5/h8-9,11-13,15,17,19H,6-7,10,14,16,18H2,1-5H3,(H,32,34,38). The van der Waals surface area contributed by atoms with Crippen molar-refractivity contribution < 1.29 is 28.2 Å². The van der Waals surface area contributed by atoms with Gasteiger partial charge in [-0.3, -0.25) is 5.32 Å². The van der Waals surface area contributed by atoms with Gasteiger partial charge < -0.3 is 28.3 Å². The maximum atomic E-state index is 12.1. The van der Waals surface area contributed by atoms with E-state index >= 15 is 0 Å². The highest BCUT2D eigenvalue weighted by molar-refractivity contribution is 5.89. The zero-order valence-electron chi connectivity index (χ0n) is 25.0. The molecule has 0 radical (unpaired) electrons. The van der Waals surface area contributed by atoms with Crippen LogP contribution in [-0.4, -0.2) is 66.2 Å². The Kier molecular flexibility index (Phi) is 7.59. The Bertz CT molecular complexity index is 1650. The summed E-state index contributed by atoms with van der Waals surface area (Å²) >= 11 is 0. The van der Waals surface area contributed by atoms with E-state index in [1.165, 1.54) is 0 Å². The van der Waals surface area contributed by atoms with E-state index in [0.717, 1.165) is 42.8 Å². The Hall–Kier alpha value is -4.74. The minimum Gasteiger partial charge on any atom is -0.496 e. The number of methoxy groups -OCH3 is 2. The molecule has 226 valence electrons. The fourth-order valence-electron chi connectivity index (χ4n) is 5.28. The van der Waals surface area contributed by atoms with Crippen LogP contribution in [0.2, 0.25) is 0 Å². The van der Waals surface area contributed by atoms with Crippen LogP contribution in [0.5, 0.6) is 11.5 Å². The molecule has 2 aliphatic heterocycles. The second kappa shape index (κ2) is 11.5. The molecule has 1 unspecified atom stereocenters. The van der Waals surface area contributed by atoms with Gasteiger partial charge >= 0.3 is 6.09 Å². The van der Waals surface area contributed by atoms with Crippen LogP contribution in [0.15, 0.2) is 52.2 Å². The molecule has 1 fully saturated rings. The third-order valence-corrected chi connectivity index (χ3v) is 7.32. The molecule has 1 atom stereocenters. The van der Waals surface area contributed by atoms with Gasteiger partial charge in [0.05, 0.1) is 50.7 Å². The number of hydrogen-bond donors (Lipinski definition) is 1. The molecular formula is C31H36N6O6. The van der Waals surface area contributed by atoms with Crippen molar-refractivity contribution in [2.24, 2.45) is 11.0 Å². The molecule has 0 spiro atoms. The largest absolute Gasteiger partial charge is 0.496 e. The van der Waals surface area contributed by atoms with Crippen LogP contribution in [0, 0.1) is 5.92 Å². The molecule has 12 nitrogen and oxygen atoms in total. The molecular weight excluding hydrogens is 552 g/mol. The lowest BCUT2D eigenvalue weighted by atomic mass is 9.98. The lowest BCUT2D eigenvalue weighted by molar-refractivity contribution is 0.0635. The monoisotopic (exact) mass is 588 g/mol. The van der Waals surface area contributed by atoms with Crippen LogP contribution in [0.1, 0.15) is 39.4 Å². The van der Waals surface area contributed by atoms with Gasteiger partial charge in [0, 0.05) is 31.1 Å². The van der Waals surface area contributed by atoms with Crippen LogP contribution in [0.25, 0.3) is 22.4 Å². The second-order valence-electron chi connectivity index (χ2n) is 11.7.